The van der Waals surface area contributed by atoms with Gasteiger partial charge in [0.05, 0.1) is 17.3 Å². The molecule has 4 aromatic rings. The third kappa shape index (κ3) is 1.78. The van der Waals surface area contributed by atoms with E-state index in [0.717, 1.165) is 0 Å². The quantitative estimate of drug-likeness (QED) is 0.561. The van der Waals surface area contributed by atoms with Crippen molar-refractivity contribution in [3.8, 4) is 22.8 Å². The Morgan fingerprint density at radius 1 is 1.19 bits per heavy atom. The first-order chi connectivity index (χ1) is 10.2. The molecule has 3 aromatic heterocycles. The van der Waals surface area contributed by atoms with Crippen molar-refractivity contribution in [1.29, 1.82) is 0 Å². The van der Waals surface area contributed by atoms with Gasteiger partial charge in [-0.3, -0.25) is 4.57 Å². The standard InChI is InChI=1S/C14H9N3O4/c1-17-10-3-2-8(6-11(10)20-14(17)18)12-15-13(21-16-12)9-4-5-19-7-9/h2-7H,1H3. The van der Waals surface area contributed by atoms with Crippen LogP contribution in [0.2, 0.25) is 0 Å². The van der Waals surface area contributed by atoms with Crippen LogP contribution in [0.4, 0.5) is 0 Å². The Kier molecular flexibility index (Phi) is 2.34. The van der Waals surface area contributed by atoms with E-state index in [0.29, 0.717) is 33.9 Å². The first-order valence-corrected chi connectivity index (χ1v) is 6.18. The molecule has 1 aromatic carbocycles. The lowest BCUT2D eigenvalue weighted by Gasteiger charge is -1.94. The lowest BCUT2D eigenvalue weighted by Crippen LogP contribution is -2.08. The van der Waals surface area contributed by atoms with E-state index in [-0.39, 0.29) is 0 Å². The van der Waals surface area contributed by atoms with E-state index in [4.69, 9.17) is 13.4 Å². The van der Waals surface area contributed by atoms with Gasteiger partial charge in [0.25, 0.3) is 5.89 Å². The average Bonchev–Trinajstić information content (AvgIpc) is 3.20. The minimum absolute atomic E-state index is 0.369. The molecule has 104 valence electrons. The number of aryl methyl sites for hydroxylation is 1. The van der Waals surface area contributed by atoms with Crippen LogP contribution < -0.4 is 5.76 Å². The molecular formula is C14H9N3O4. The van der Waals surface area contributed by atoms with Crippen molar-refractivity contribution in [1.82, 2.24) is 14.7 Å². The van der Waals surface area contributed by atoms with Gasteiger partial charge in [-0.05, 0) is 24.3 Å². The fraction of sp³-hybridized carbons (Fsp3) is 0.0714. The maximum absolute atomic E-state index is 11.5. The van der Waals surface area contributed by atoms with Gasteiger partial charge in [0, 0.05) is 12.6 Å². The van der Waals surface area contributed by atoms with E-state index in [1.165, 1.54) is 17.1 Å². The summed E-state index contributed by atoms with van der Waals surface area (Å²) in [7, 11) is 1.65. The summed E-state index contributed by atoms with van der Waals surface area (Å²) >= 11 is 0. The Hall–Kier alpha value is -3.09. The van der Waals surface area contributed by atoms with Crippen LogP contribution in [0.3, 0.4) is 0 Å². The zero-order chi connectivity index (χ0) is 14.4. The summed E-state index contributed by atoms with van der Waals surface area (Å²) in [6.45, 7) is 0. The highest BCUT2D eigenvalue weighted by molar-refractivity contribution is 5.78. The van der Waals surface area contributed by atoms with Crippen molar-refractivity contribution in [2.75, 3.05) is 0 Å². The Morgan fingerprint density at radius 2 is 2.10 bits per heavy atom. The topological polar surface area (TPSA) is 87.2 Å². The van der Waals surface area contributed by atoms with E-state index in [1.807, 2.05) is 0 Å². The number of fused-ring (bicyclic) bond motifs is 1. The molecule has 0 atom stereocenters. The van der Waals surface area contributed by atoms with Gasteiger partial charge in [-0.2, -0.15) is 4.98 Å². The lowest BCUT2D eigenvalue weighted by atomic mass is 10.2. The first-order valence-electron chi connectivity index (χ1n) is 6.18. The molecule has 0 aliphatic heterocycles. The number of nitrogens with zero attached hydrogens (tertiary/aromatic N) is 3. The van der Waals surface area contributed by atoms with Crippen molar-refractivity contribution >= 4 is 11.1 Å². The highest BCUT2D eigenvalue weighted by Crippen LogP contribution is 2.24. The highest BCUT2D eigenvalue weighted by Gasteiger charge is 2.13. The molecule has 4 rings (SSSR count). The molecule has 0 aliphatic carbocycles. The fourth-order valence-electron chi connectivity index (χ4n) is 2.12. The summed E-state index contributed by atoms with van der Waals surface area (Å²) in [6, 6.07) is 7.03. The summed E-state index contributed by atoms with van der Waals surface area (Å²) in [4.78, 5) is 15.8. The second-order valence-corrected chi connectivity index (χ2v) is 4.54. The van der Waals surface area contributed by atoms with Gasteiger partial charge in [0.1, 0.15) is 6.26 Å². The molecule has 0 unspecified atom stereocenters. The van der Waals surface area contributed by atoms with Gasteiger partial charge in [-0.15, -0.1) is 0 Å². The highest BCUT2D eigenvalue weighted by atomic mass is 16.5. The molecule has 0 fully saturated rings. The Labute approximate surface area is 117 Å². The summed E-state index contributed by atoms with van der Waals surface area (Å²) in [5, 5.41) is 3.92. The number of hydrogen-bond donors (Lipinski definition) is 0. The molecule has 0 bridgehead atoms. The lowest BCUT2D eigenvalue weighted by molar-refractivity contribution is 0.431. The zero-order valence-corrected chi connectivity index (χ0v) is 10.9. The number of benzene rings is 1. The number of rotatable bonds is 2. The monoisotopic (exact) mass is 283 g/mol. The first kappa shape index (κ1) is 11.7. The van der Waals surface area contributed by atoms with Crippen LogP contribution in [0.15, 0.2) is 54.9 Å². The van der Waals surface area contributed by atoms with E-state index >= 15 is 0 Å². The summed E-state index contributed by atoms with van der Waals surface area (Å²) in [6.07, 6.45) is 3.06. The SMILES string of the molecule is Cn1c(=O)oc2cc(-c3noc(-c4ccoc4)n3)ccc21. The van der Waals surface area contributed by atoms with Crippen molar-refractivity contribution in [2.24, 2.45) is 7.05 Å². The van der Waals surface area contributed by atoms with Gasteiger partial charge in [-0.25, -0.2) is 4.79 Å². The molecule has 0 amide bonds. The molecule has 3 heterocycles. The predicted molar refractivity (Wildman–Crippen MR) is 72.4 cm³/mol. The normalized spacial score (nSPS) is 11.3. The number of furan rings is 1. The van der Waals surface area contributed by atoms with Crippen LogP contribution in [-0.2, 0) is 7.05 Å². The van der Waals surface area contributed by atoms with E-state index < -0.39 is 5.76 Å². The third-order valence-electron chi connectivity index (χ3n) is 3.24. The molecule has 21 heavy (non-hydrogen) atoms. The molecule has 7 heteroatoms. The van der Waals surface area contributed by atoms with Crippen molar-refractivity contribution in [3.05, 3.63) is 47.3 Å². The van der Waals surface area contributed by atoms with Gasteiger partial charge >= 0.3 is 5.76 Å². The second kappa shape index (κ2) is 4.20. The summed E-state index contributed by atoms with van der Waals surface area (Å²) in [5.41, 5.74) is 2.60. The number of hydrogen-bond acceptors (Lipinski definition) is 6. The zero-order valence-electron chi connectivity index (χ0n) is 10.9. The number of oxazole rings is 1. The maximum atomic E-state index is 11.5. The smallest absolute Gasteiger partial charge is 0.419 e. The second-order valence-electron chi connectivity index (χ2n) is 4.54. The molecular weight excluding hydrogens is 274 g/mol. The van der Waals surface area contributed by atoms with Crippen LogP contribution >= 0.6 is 0 Å². The molecule has 0 saturated carbocycles. The van der Waals surface area contributed by atoms with Crippen LogP contribution in [0.25, 0.3) is 33.9 Å². The molecule has 0 aliphatic rings. The fourth-order valence-corrected chi connectivity index (χ4v) is 2.12. The van der Waals surface area contributed by atoms with Crippen molar-refractivity contribution in [3.63, 3.8) is 0 Å². The third-order valence-corrected chi connectivity index (χ3v) is 3.24. The Balaban J connectivity index is 1.81. The minimum atomic E-state index is -0.408. The van der Waals surface area contributed by atoms with E-state index in [2.05, 4.69) is 10.1 Å². The van der Waals surface area contributed by atoms with Gasteiger partial charge in [-0.1, -0.05) is 5.16 Å². The van der Waals surface area contributed by atoms with Gasteiger partial charge in [0.2, 0.25) is 5.82 Å². The summed E-state index contributed by atoms with van der Waals surface area (Å²) in [5.74, 6) is 0.377. The van der Waals surface area contributed by atoms with Crippen LogP contribution in [-0.4, -0.2) is 14.7 Å². The largest absolute Gasteiger partial charge is 0.472 e. The van der Waals surface area contributed by atoms with Gasteiger partial charge in [0.15, 0.2) is 5.58 Å². The Morgan fingerprint density at radius 3 is 2.90 bits per heavy atom. The van der Waals surface area contributed by atoms with Gasteiger partial charge < -0.3 is 13.4 Å². The summed E-state index contributed by atoms with van der Waals surface area (Å²) < 4.78 is 16.7. The minimum Gasteiger partial charge on any atom is -0.472 e. The molecule has 7 nitrogen and oxygen atoms in total. The number of aromatic nitrogens is 3. The van der Waals surface area contributed by atoms with Crippen LogP contribution in [0, 0.1) is 0 Å². The van der Waals surface area contributed by atoms with Crippen LogP contribution in [0.5, 0.6) is 0 Å². The molecule has 0 N–H and O–H groups in total. The average molecular weight is 283 g/mol. The molecule has 0 spiro atoms. The molecule has 0 saturated heterocycles. The maximum Gasteiger partial charge on any atom is 0.419 e. The van der Waals surface area contributed by atoms with Crippen molar-refractivity contribution < 1.29 is 13.4 Å². The predicted octanol–water partition coefficient (Wildman–Crippen LogP) is 2.44. The van der Waals surface area contributed by atoms with Crippen molar-refractivity contribution in [2.45, 2.75) is 0 Å². The van der Waals surface area contributed by atoms with Crippen LogP contribution in [0.1, 0.15) is 0 Å². The molecule has 0 radical (unpaired) electrons. The van der Waals surface area contributed by atoms with E-state index in [1.54, 1.807) is 31.3 Å². The van der Waals surface area contributed by atoms with E-state index in [9.17, 15) is 4.79 Å². The Bertz CT molecular complexity index is 975.